The van der Waals surface area contributed by atoms with Crippen LogP contribution in [0.3, 0.4) is 0 Å². The van der Waals surface area contributed by atoms with Crippen LogP contribution < -0.4 is 5.32 Å². The van der Waals surface area contributed by atoms with Gasteiger partial charge in [-0.15, -0.1) is 0 Å². The maximum atomic E-state index is 12.6. The molecule has 0 spiro atoms. The summed E-state index contributed by atoms with van der Waals surface area (Å²) >= 11 is 0. The minimum absolute atomic E-state index is 0.183. The van der Waals surface area contributed by atoms with Crippen LogP contribution in [0.15, 0.2) is 0 Å². The number of hydrogen-bond acceptors (Lipinski definition) is 5. The van der Waals surface area contributed by atoms with Crippen LogP contribution in [-0.4, -0.2) is 78.5 Å². The molecular formula is C23H43N3O3. The highest BCUT2D eigenvalue weighted by atomic mass is 16.6. The van der Waals surface area contributed by atoms with Crippen LogP contribution in [0.5, 0.6) is 0 Å². The van der Waals surface area contributed by atoms with Crippen molar-refractivity contribution in [1.29, 1.82) is 0 Å². The number of amides is 1. The molecule has 0 radical (unpaired) electrons. The van der Waals surface area contributed by atoms with E-state index in [-0.39, 0.29) is 11.6 Å². The number of rotatable bonds is 4. The quantitative estimate of drug-likeness (QED) is 0.768. The third kappa shape index (κ3) is 6.83. The van der Waals surface area contributed by atoms with Gasteiger partial charge in [0.05, 0.1) is 17.7 Å². The Kier molecular flexibility index (Phi) is 7.50. The van der Waals surface area contributed by atoms with Crippen LogP contribution in [-0.2, 0) is 9.47 Å². The Balaban J connectivity index is 1.41. The van der Waals surface area contributed by atoms with Gasteiger partial charge in [-0.2, -0.15) is 0 Å². The maximum absolute atomic E-state index is 12.6. The van der Waals surface area contributed by atoms with E-state index < -0.39 is 5.60 Å². The Morgan fingerprint density at radius 3 is 2.21 bits per heavy atom. The fourth-order valence-corrected chi connectivity index (χ4v) is 5.09. The van der Waals surface area contributed by atoms with Gasteiger partial charge in [0, 0.05) is 26.2 Å². The monoisotopic (exact) mass is 409 g/mol. The molecule has 2 aliphatic heterocycles. The third-order valence-electron chi connectivity index (χ3n) is 6.58. The Bertz CT molecular complexity index is 532. The minimum Gasteiger partial charge on any atom is -0.444 e. The lowest BCUT2D eigenvalue weighted by Crippen LogP contribution is -2.62. The van der Waals surface area contributed by atoms with E-state index >= 15 is 0 Å². The summed E-state index contributed by atoms with van der Waals surface area (Å²) in [6.07, 6.45) is 8.02. The van der Waals surface area contributed by atoms with Crippen molar-refractivity contribution in [3.05, 3.63) is 0 Å². The van der Waals surface area contributed by atoms with Crippen molar-refractivity contribution in [2.75, 3.05) is 39.3 Å². The van der Waals surface area contributed by atoms with Gasteiger partial charge in [-0.1, -0.05) is 0 Å². The summed E-state index contributed by atoms with van der Waals surface area (Å²) < 4.78 is 12.0. The summed E-state index contributed by atoms with van der Waals surface area (Å²) in [5.74, 6) is 0.756. The highest BCUT2D eigenvalue weighted by Crippen LogP contribution is 2.31. The molecule has 1 saturated carbocycles. The molecule has 3 rings (SSSR count). The second-order valence-corrected chi connectivity index (χ2v) is 10.9. The summed E-state index contributed by atoms with van der Waals surface area (Å²) in [6.45, 7) is 16.1. The largest absolute Gasteiger partial charge is 0.444 e. The Hall–Kier alpha value is -0.850. The molecule has 1 N–H and O–H groups in total. The topological polar surface area (TPSA) is 54.0 Å². The van der Waals surface area contributed by atoms with Crippen molar-refractivity contribution in [3.63, 3.8) is 0 Å². The summed E-state index contributed by atoms with van der Waals surface area (Å²) in [6, 6.07) is 0. The molecule has 0 unspecified atom stereocenters. The van der Waals surface area contributed by atoms with Crippen LogP contribution in [0.25, 0.3) is 0 Å². The number of carbonyl (C=O) groups excluding carboxylic acids is 1. The normalized spacial score (nSPS) is 29.6. The van der Waals surface area contributed by atoms with Gasteiger partial charge in [0.25, 0.3) is 0 Å². The molecule has 1 aliphatic carbocycles. The molecule has 29 heavy (non-hydrogen) atoms. The van der Waals surface area contributed by atoms with E-state index in [4.69, 9.17) is 9.47 Å². The Labute approximate surface area is 177 Å². The van der Waals surface area contributed by atoms with Gasteiger partial charge < -0.3 is 19.7 Å². The van der Waals surface area contributed by atoms with Crippen LogP contribution in [0.1, 0.15) is 73.1 Å². The summed E-state index contributed by atoms with van der Waals surface area (Å²) in [7, 11) is 0. The molecule has 0 aromatic carbocycles. The van der Waals surface area contributed by atoms with E-state index in [1.807, 2.05) is 25.7 Å². The number of piperazine rings is 1. The van der Waals surface area contributed by atoms with E-state index in [9.17, 15) is 4.79 Å². The fraction of sp³-hybridized carbons (Fsp3) is 0.957. The number of nitrogens with zero attached hydrogens (tertiary/aromatic N) is 2. The van der Waals surface area contributed by atoms with Crippen molar-refractivity contribution in [3.8, 4) is 0 Å². The van der Waals surface area contributed by atoms with E-state index in [1.165, 1.54) is 25.7 Å². The van der Waals surface area contributed by atoms with Crippen molar-refractivity contribution >= 4 is 6.09 Å². The molecule has 3 aliphatic rings. The van der Waals surface area contributed by atoms with Crippen molar-refractivity contribution in [1.82, 2.24) is 15.1 Å². The molecule has 0 aromatic rings. The first-order chi connectivity index (χ1) is 13.6. The van der Waals surface area contributed by atoms with E-state index in [2.05, 4.69) is 24.1 Å². The predicted octanol–water partition coefficient (Wildman–Crippen LogP) is 3.65. The number of ether oxygens (including phenoxy) is 2. The predicted molar refractivity (Wildman–Crippen MR) is 116 cm³/mol. The zero-order chi connectivity index (χ0) is 21.1. The van der Waals surface area contributed by atoms with Gasteiger partial charge in [0.15, 0.2) is 0 Å². The molecule has 0 aromatic heterocycles. The third-order valence-corrected chi connectivity index (χ3v) is 6.58. The van der Waals surface area contributed by atoms with Gasteiger partial charge in [-0.25, -0.2) is 4.79 Å². The van der Waals surface area contributed by atoms with Gasteiger partial charge >= 0.3 is 6.09 Å². The average molecular weight is 410 g/mol. The molecule has 0 atom stereocenters. The lowest BCUT2D eigenvalue weighted by atomic mass is 9.86. The standard InChI is InChI=1S/C23H43N3O3/c1-22(2,3)29-21(27)26-15-14-25(17-23(26,4)5)16-18-6-8-19(9-7-18)28-20-10-12-24-13-11-20/h18-20,24H,6-17H2,1-5H3. The van der Waals surface area contributed by atoms with E-state index in [0.29, 0.717) is 12.2 Å². The van der Waals surface area contributed by atoms with Crippen molar-refractivity contribution in [2.24, 2.45) is 5.92 Å². The van der Waals surface area contributed by atoms with Gasteiger partial charge in [0.1, 0.15) is 5.60 Å². The zero-order valence-corrected chi connectivity index (χ0v) is 19.3. The second kappa shape index (κ2) is 9.52. The summed E-state index contributed by atoms with van der Waals surface area (Å²) in [4.78, 5) is 17.1. The highest BCUT2D eigenvalue weighted by Gasteiger charge is 2.39. The fourth-order valence-electron chi connectivity index (χ4n) is 5.09. The van der Waals surface area contributed by atoms with Gasteiger partial charge in [0.2, 0.25) is 0 Å². The molecule has 2 heterocycles. The zero-order valence-electron chi connectivity index (χ0n) is 19.3. The Morgan fingerprint density at radius 2 is 1.62 bits per heavy atom. The molecule has 6 nitrogen and oxygen atoms in total. The van der Waals surface area contributed by atoms with Crippen molar-refractivity contribution in [2.45, 2.75) is 96.5 Å². The number of piperidine rings is 1. The average Bonchev–Trinajstić information content (AvgIpc) is 2.62. The molecular weight excluding hydrogens is 366 g/mol. The molecule has 168 valence electrons. The van der Waals surface area contributed by atoms with E-state index in [0.717, 1.165) is 58.0 Å². The minimum atomic E-state index is -0.445. The second-order valence-electron chi connectivity index (χ2n) is 10.9. The molecule has 0 bridgehead atoms. The summed E-state index contributed by atoms with van der Waals surface area (Å²) in [5, 5.41) is 3.41. The molecule has 1 amide bonds. The van der Waals surface area contributed by atoms with Crippen LogP contribution in [0.2, 0.25) is 0 Å². The smallest absolute Gasteiger partial charge is 0.410 e. The number of hydrogen-bond donors (Lipinski definition) is 1. The SMILES string of the molecule is CC(C)(C)OC(=O)N1CCN(CC2CCC(OC3CCNCC3)CC2)CC1(C)C. The number of nitrogens with one attached hydrogen (secondary N) is 1. The first-order valence-electron chi connectivity index (χ1n) is 11.7. The highest BCUT2D eigenvalue weighted by molar-refractivity contribution is 5.69. The number of carbonyl (C=O) groups is 1. The van der Waals surface area contributed by atoms with Gasteiger partial charge in [-0.3, -0.25) is 4.90 Å². The van der Waals surface area contributed by atoms with Crippen LogP contribution >= 0.6 is 0 Å². The van der Waals surface area contributed by atoms with Gasteiger partial charge in [-0.05, 0) is 92.2 Å². The molecule has 2 saturated heterocycles. The first-order valence-corrected chi connectivity index (χ1v) is 11.7. The lowest BCUT2D eigenvalue weighted by molar-refractivity contribution is -0.0537. The maximum Gasteiger partial charge on any atom is 0.410 e. The Morgan fingerprint density at radius 1 is 1.00 bits per heavy atom. The van der Waals surface area contributed by atoms with Crippen LogP contribution in [0.4, 0.5) is 4.79 Å². The molecule has 6 heteroatoms. The van der Waals surface area contributed by atoms with Crippen molar-refractivity contribution < 1.29 is 14.3 Å². The molecule has 3 fully saturated rings. The summed E-state index contributed by atoms with van der Waals surface area (Å²) in [5.41, 5.74) is -0.644. The first kappa shape index (κ1) is 22.8. The van der Waals surface area contributed by atoms with E-state index in [1.54, 1.807) is 0 Å². The van der Waals surface area contributed by atoms with Crippen LogP contribution in [0, 0.1) is 5.92 Å². The lowest BCUT2D eigenvalue weighted by Gasteiger charge is -2.48.